The Balaban J connectivity index is 2.62. The van der Waals surface area contributed by atoms with Gasteiger partial charge >= 0.3 is 0 Å². The zero-order valence-corrected chi connectivity index (χ0v) is 9.86. The molecule has 62 valence electrons. The summed E-state index contributed by atoms with van der Waals surface area (Å²) >= 11 is 8.14. The van der Waals surface area contributed by atoms with E-state index in [1.807, 2.05) is 18.2 Å². The van der Waals surface area contributed by atoms with E-state index in [0.717, 1.165) is 10.6 Å². The molecule has 2 nitrogen and oxygen atoms in total. The van der Waals surface area contributed by atoms with E-state index >= 15 is 0 Å². The van der Waals surface area contributed by atoms with Crippen LogP contribution in [0.15, 0.2) is 24.3 Å². The maximum atomic E-state index is 4.36. The van der Waals surface area contributed by atoms with E-state index in [-0.39, 0.29) is 0 Å². The number of benzene rings is 1. The second kappa shape index (κ2) is 3.32. The molecule has 2 aromatic rings. The molecule has 0 unspecified atom stereocenters. The van der Waals surface area contributed by atoms with Gasteiger partial charge in [-0.05, 0) is 12.1 Å². The van der Waals surface area contributed by atoms with Crippen molar-refractivity contribution in [3.05, 3.63) is 24.3 Å². The molecule has 0 amide bonds. The molecule has 0 saturated carbocycles. The Morgan fingerprint density at radius 1 is 1.25 bits per heavy atom. The van der Waals surface area contributed by atoms with Crippen LogP contribution in [-0.2, 0) is 0 Å². The van der Waals surface area contributed by atoms with Crippen LogP contribution in [0, 0.1) is 0 Å². The van der Waals surface area contributed by atoms with Crippen LogP contribution in [0.4, 0.5) is 5.13 Å². The maximum absolute atomic E-state index is 4.36. The zero-order valence-electron chi connectivity index (χ0n) is 5.87. The van der Waals surface area contributed by atoms with E-state index in [1.165, 1.54) is 4.70 Å². The van der Waals surface area contributed by atoms with Gasteiger partial charge in [0.2, 0.25) is 5.13 Å². The number of nitrogens with zero attached hydrogens (tertiary/aromatic N) is 2. The van der Waals surface area contributed by atoms with Gasteiger partial charge in [-0.1, -0.05) is 23.5 Å². The molecule has 1 aromatic carbocycles. The van der Waals surface area contributed by atoms with Crippen LogP contribution in [0.5, 0.6) is 0 Å². The first-order valence-corrected chi connectivity index (χ1v) is 5.48. The lowest BCUT2D eigenvalue weighted by Gasteiger charge is -1.97. The number of hydrogen-bond acceptors (Lipinski definition) is 3. The van der Waals surface area contributed by atoms with Gasteiger partial charge in [0.15, 0.2) is 0 Å². The van der Waals surface area contributed by atoms with Gasteiger partial charge in [0, 0.05) is 0 Å². The molecule has 0 aliphatic heterocycles. The summed E-state index contributed by atoms with van der Waals surface area (Å²) in [6.07, 6.45) is 0. The van der Waals surface area contributed by atoms with Crippen molar-refractivity contribution in [2.24, 2.45) is 0 Å². The number of anilines is 1. The van der Waals surface area contributed by atoms with Crippen molar-refractivity contribution in [1.82, 2.24) is 4.98 Å². The third-order valence-corrected chi connectivity index (χ3v) is 3.59. The first-order chi connectivity index (χ1) is 5.77. The minimum atomic E-state index is 0.899. The highest BCUT2D eigenvalue weighted by Gasteiger charge is 2.05. The van der Waals surface area contributed by atoms with Crippen LogP contribution in [0.2, 0.25) is 0 Å². The quantitative estimate of drug-likeness (QED) is 0.746. The number of hydrogen-bond donors (Lipinski definition) is 0. The normalized spacial score (nSPS) is 10.5. The molecule has 0 aliphatic rings. The molecule has 0 bridgehead atoms. The lowest BCUT2D eigenvalue weighted by atomic mass is 10.3. The molecule has 1 heterocycles. The minimum Gasteiger partial charge on any atom is -0.219 e. The van der Waals surface area contributed by atoms with Crippen LogP contribution in [0.3, 0.4) is 0 Å². The van der Waals surface area contributed by atoms with Gasteiger partial charge in [-0.3, -0.25) is 0 Å². The second-order valence-electron chi connectivity index (χ2n) is 2.20. The average Bonchev–Trinajstić information content (AvgIpc) is 2.46. The summed E-state index contributed by atoms with van der Waals surface area (Å²) in [5.74, 6) is 0. The molecule has 0 spiro atoms. The predicted molar refractivity (Wildman–Crippen MR) is 60.0 cm³/mol. The van der Waals surface area contributed by atoms with Gasteiger partial charge in [0.1, 0.15) is 0 Å². The van der Waals surface area contributed by atoms with Crippen molar-refractivity contribution in [2.45, 2.75) is 0 Å². The van der Waals surface area contributed by atoms with Gasteiger partial charge in [-0.2, -0.15) is 0 Å². The Bertz CT molecular complexity index is 366. The highest BCUT2D eigenvalue weighted by Crippen LogP contribution is 2.31. The molecule has 2 rings (SSSR count). The predicted octanol–water partition coefficient (Wildman–Crippen LogP) is 3.72. The SMILES string of the molecule is BrN(Br)c1nc2ccccc2s1. The van der Waals surface area contributed by atoms with Crippen LogP contribution in [-0.4, -0.2) is 4.98 Å². The largest absolute Gasteiger partial charge is 0.219 e. The molecule has 0 atom stereocenters. The Kier molecular flexibility index (Phi) is 2.34. The van der Waals surface area contributed by atoms with E-state index in [0.29, 0.717) is 0 Å². The lowest BCUT2D eigenvalue weighted by Crippen LogP contribution is -1.86. The number of aromatic nitrogens is 1. The van der Waals surface area contributed by atoms with E-state index in [4.69, 9.17) is 0 Å². The first kappa shape index (κ1) is 8.47. The topological polar surface area (TPSA) is 16.1 Å². The van der Waals surface area contributed by atoms with Gasteiger partial charge in [0.05, 0.1) is 42.5 Å². The monoisotopic (exact) mass is 306 g/mol. The van der Waals surface area contributed by atoms with E-state index in [9.17, 15) is 0 Å². The lowest BCUT2D eigenvalue weighted by molar-refractivity contribution is 1.47. The Morgan fingerprint density at radius 3 is 2.67 bits per heavy atom. The second-order valence-corrected chi connectivity index (χ2v) is 5.58. The number of fused-ring (bicyclic) bond motifs is 1. The van der Waals surface area contributed by atoms with Gasteiger partial charge in [0.25, 0.3) is 0 Å². The van der Waals surface area contributed by atoms with Crippen molar-refractivity contribution in [1.29, 1.82) is 0 Å². The van der Waals surface area contributed by atoms with Crippen molar-refractivity contribution in [3.8, 4) is 0 Å². The Labute approximate surface area is 90.9 Å². The third kappa shape index (κ3) is 1.48. The number of thiazole rings is 1. The molecule has 0 N–H and O–H groups in total. The van der Waals surface area contributed by atoms with Crippen molar-refractivity contribution in [3.63, 3.8) is 0 Å². The fourth-order valence-corrected chi connectivity index (χ4v) is 2.30. The van der Waals surface area contributed by atoms with Crippen molar-refractivity contribution >= 4 is 59.0 Å². The molecular formula is C7H4Br2N2S. The number of rotatable bonds is 1. The van der Waals surface area contributed by atoms with E-state index in [1.54, 1.807) is 14.3 Å². The van der Waals surface area contributed by atoms with Crippen molar-refractivity contribution in [2.75, 3.05) is 2.95 Å². The van der Waals surface area contributed by atoms with Crippen LogP contribution in [0.25, 0.3) is 10.2 Å². The van der Waals surface area contributed by atoms with Crippen LogP contribution >= 0.6 is 43.6 Å². The van der Waals surface area contributed by atoms with E-state index in [2.05, 4.69) is 43.3 Å². The van der Waals surface area contributed by atoms with Gasteiger partial charge in [-0.15, -0.1) is 0 Å². The molecule has 0 radical (unpaired) electrons. The molecule has 12 heavy (non-hydrogen) atoms. The van der Waals surface area contributed by atoms with Crippen LogP contribution in [0.1, 0.15) is 0 Å². The molecular weight excluding hydrogens is 304 g/mol. The van der Waals surface area contributed by atoms with E-state index < -0.39 is 0 Å². The fraction of sp³-hybridized carbons (Fsp3) is 0. The minimum absolute atomic E-state index is 0.899. The van der Waals surface area contributed by atoms with Crippen LogP contribution < -0.4 is 2.95 Å². The first-order valence-electron chi connectivity index (χ1n) is 3.24. The highest BCUT2D eigenvalue weighted by molar-refractivity contribution is 9.25. The summed E-state index contributed by atoms with van der Waals surface area (Å²) in [5, 5.41) is 0.899. The third-order valence-electron chi connectivity index (χ3n) is 1.43. The molecule has 0 saturated heterocycles. The number of para-hydroxylation sites is 1. The smallest absolute Gasteiger partial charge is 0.207 e. The molecule has 5 heteroatoms. The summed E-state index contributed by atoms with van der Waals surface area (Å²) in [6, 6.07) is 8.05. The number of halogens is 2. The summed E-state index contributed by atoms with van der Waals surface area (Å²) < 4.78 is 2.85. The Hall–Kier alpha value is -0.130. The molecule has 0 fully saturated rings. The fourth-order valence-electron chi connectivity index (χ4n) is 0.932. The highest BCUT2D eigenvalue weighted by atomic mass is 79.9. The van der Waals surface area contributed by atoms with Gasteiger partial charge < -0.3 is 0 Å². The maximum Gasteiger partial charge on any atom is 0.207 e. The molecule has 1 aromatic heterocycles. The summed E-state index contributed by atoms with van der Waals surface area (Å²) in [4.78, 5) is 4.36. The summed E-state index contributed by atoms with van der Waals surface area (Å²) in [6.45, 7) is 0. The summed E-state index contributed by atoms with van der Waals surface area (Å²) in [5.41, 5.74) is 1.03. The Morgan fingerprint density at radius 2 is 2.00 bits per heavy atom. The van der Waals surface area contributed by atoms with Crippen molar-refractivity contribution < 1.29 is 0 Å². The molecule has 0 aliphatic carbocycles. The average molecular weight is 308 g/mol. The van der Waals surface area contributed by atoms with Gasteiger partial charge in [-0.25, -0.2) is 7.94 Å². The zero-order chi connectivity index (χ0) is 8.55. The standard InChI is InChI=1S/C7H4Br2N2S/c8-11(9)7-10-5-3-1-2-4-6(5)12-7/h1-4H. The summed E-state index contributed by atoms with van der Waals surface area (Å²) in [7, 11) is 0.